The highest BCUT2D eigenvalue weighted by molar-refractivity contribution is 6.36. The van der Waals surface area contributed by atoms with Crippen molar-refractivity contribution in [3.05, 3.63) is 112 Å². The maximum atomic E-state index is 11.4. The summed E-state index contributed by atoms with van der Waals surface area (Å²) in [6, 6.07) is 25.5. The highest BCUT2D eigenvalue weighted by Gasteiger charge is 2.20. The van der Waals surface area contributed by atoms with Crippen LogP contribution in [0.25, 0.3) is 33.2 Å². The molecule has 1 aliphatic heterocycles. The first kappa shape index (κ1) is 34.5. The number of nitrogens with one attached hydrogen (secondary N) is 3. The number of carboxylic acid groups (broad SMARTS) is 1. The van der Waals surface area contributed by atoms with Gasteiger partial charge in [-0.25, -0.2) is 0 Å². The number of aromatic nitrogens is 1. The molecule has 5 N–H and O–H groups in total. The Balaban J connectivity index is 1.20. The SMILES string of the molecule is COc1cc(Cn2ccc3c(-c4cccc(-c5ccc(CNC[C@@H]6CCC(=O)N6)cc5)c4Cl)cccc32)c(Cl)cc1CNC(CO)C(=O)O. The number of aliphatic hydroxyl groups excluding tert-OH is 1. The number of aliphatic carboxylic acids is 1. The smallest absolute Gasteiger partial charge is 0.323 e. The third-order valence-electron chi connectivity index (χ3n) is 8.98. The van der Waals surface area contributed by atoms with Gasteiger partial charge < -0.3 is 30.2 Å². The van der Waals surface area contributed by atoms with Crippen LogP contribution in [0.4, 0.5) is 0 Å². The zero-order valence-electron chi connectivity index (χ0n) is 27.0. The van der Waals surface area contributed by atoms with E-state index >= 15 is 0 Å². The number of nitrogens with zero attached hydrogens (tertiary/aromatic N) is 1. The maximum Gasteiger partial charge on any atom is 0.323 e. The number of benzene rings is 4. The fourth-order valence-corrected chi connectivity index (χ4v) is 6.90. The fraction of sp³-hybridized carbons (Fsp3) is 0.263. The van der Waals surface area contributed by atoms with E-state index in [1.807, 2.05) is 36.5 Å². The quantitative estimate of drug-likeness (QED) is 0.0929. The molecule has 2 heterocycles. The molecule has 0 radical (unpaired) electrons. The number of amides is 1. The summed E-state index contributed by atoms with van der Waals surface area (Å²) in [5.74, 6) is -0.442. The van der Waals surface area contributed by atoms with Gasteiger partial charge in [-0.3, -0.25) is 14.9 Å². The molecule has 1 amide bonds. The van der Waals surface area contributed by atoms with Crippen LogP contribution >= 0.6 is 23.2 Å². The molecule has 0 spiro atoms. The second-order valence-electron chi connectivity index (χ2n) is 12.2. The fourth-order valence-electron chi connectivity index (χ4n) is 6.32. The van der Waals surface area contributed by atoms with Gasteiger partial charge in [0, 0.05) is 77.5 Å². The Morgan fingerprint density at radius 2 is 1.76 bits per heavy atom. The van der Waals surface area contributed by atoms with Crippen LogP contribution in [-0.2, 0) is 29.2 Å². The standard InChI is InChI=1S/C38H38Cl2N4O5/c1-49-35-17-26(32(39)16-25(35)19-42-33(22-45)38(47)48)21-44-15-14-30-29(5-3-7-34(30)44)31-6-2-4-28(37(31)40)24-10-8-23(9-11-24)18-41-20-27-12-13-36(46)43-27/h2-11,14-17,27,33,41-42,45H,12-13,18-22H2,1H3,(H,43,46)(H,47,48)/t27-,33?/m0/s1. The lowest BCUT2D eigenvalue weighted by molar-refractivity contribution is -0.140. The monoisotopic (exact) mass is 700 g/mol. The number of rotatable bonds is 14. The molecule has 254 valence electrons. The Morgan fingerprint density at radius 1 is 1.00 bits per heavy atom. The summed E-state index contributed by atoms with van der Waals surface area (Å²) in [5.41, 5.74) is 7.63. The van der Waals surface area contributed by atoms with Crippen LogP contribution in [0.3, 0.4) is 0 Å². The molecule has 0 saturated carbocycles. The van der Waals surface area contributed by atoms with Crippen LogP contribution in [0.1, 0.15) is 29.5 Å². The number of fused-ring (bicyclic) bond motifs is 1. The van der Waals surface area contributed by atoms with Crippen molar-refractivity contribution in [1.29, 1.82) is 0 Å². The largest absolute Gasteiger partial charge is 0.496 e. The molecule has 2 atom stereocenters. The number of methoxy groups -OCH3 is 1. The summed E-state index contributed by atoms with van der Waals surface area (Å²) in [7, 11) is 1.55. The summed E-state index contributed by atoms with van der Waals surface area (Å²) in [6.07, 6.45) is 3.50. The van der Waals surface area contributed by atoms with Crippen molar-refractivity contribution >= 4 is 46.0 Å². The molecular weight excluding hydrogens is 663 g/mol. The van der Waals surface area contributed by atoms with E-state index in [1.54, 1.807) is 13.2 Å². The van der Waals surface area contributed by atoms with E-state index in [0.29, 0.717) is 34.3 Å². The third kappa shape index (κ3) is 7.77. The van der Waals surface area contributed by atoms with Crippen LogP contribution in [0.5, 0.6) is 5.75 Å². The average molecular weight is 702 g/mol. The molecule has 6 rings (SSSR count). The Hall–Kier alpha value is -4.38. The van der Waals surface area contributed by atoms with Crippen molar-refractivity contribution in [3.63, 3.8) is 0 Å². The van der Waals surface area contributed by atoms with Gasteiger partial charge in [-0.05, 0) is 52.9 Å². The molecule has 11 heteroatoms. The van der Waals surface area contributed by atoms with Gasteiger partial charge in [0.2, 0.25) is 5.91 Å². The first-order valence-electron chi connectivity index (χ1n) is 16.1. The summed E-state index contributed by atoms with van der Waals surface area (Å²) in [4.78, 5) is 22.8. The lowest BCUT2D eigenvalue weighted by Crippen LogP contribution is -2.39. The van der Waals surface area contributed by atoms with Crippen molar-refractivity contribution in [1.82, 2.24) is 20.5 Å². The van der Waals surface area contributed by atoms with Gasteiger partial charge >= 0.3 is 5.97 Å². The van der Waals surface area contributed by atoms with Gasteiger partial charge in [0.05, 0.1) is 18.7 Å². The molecular formula is C38H38Cl2N4O5. The predicted molar refractivity (Wildman–Crippen MR) is 193 cm³/mol. The molecule has 5 aromatic rings. The molecule has 0 aliphatic carbocycles. The van der Waals surface area contributed by atoms with Crippen LogP contribution in [-0.4, -0.2) is 59.0 Å². The topological polar surface area (TPSA) is 125 Å². The van der Waals surface area contributed by atoms with Gasteiger partial charge in [0.1, 0.15) is 11.8 Å². The van der Waals surface area contributed by atoms with Crippen LogP contribution < -0.4 is 20.7 Å². The van der Waals surface area contributed by atoms with E-state index in [4.69, 9.17) is 27.9 Å². The third-order valence-corrected chi connectivity index (χ3v) is 9.74. The van der Waals surface area contributed by atoms with Gasteiger partial charge in [0.25, 0.3) is 0 Å². The first-order chi connectivity index (χ1) is 23.7. The molecule has 1 saturated heterocycles. The number of hydrogen-bond acceptors (Lipinski definition) is 6. The minimum atomic E-state index is -1.14. The van der Waals surface area contributed by atoms with Crippen LogP contribution in [0.15, 0.2) is 85.1 Å². The number of ether oxygens (including phenoxy) is 1. The van der Waals surface area contributed by atoms with E-state index in [0.717, 1.165) is 63.8 Å². The Labute approximate surface area is 294 Å². The second kappa shape index (κ2) is 15.4. The summed E-state index contributed by atoms with van der Waals surface area (Å²) in [6.45, 7) is 1.59. The normalized spacial score (nSPS) is 15.0. The number of carboxylic acids is 1. The minimum Gasteiger partial charge on any atom is -0.496 e. The van der Waals surface area contributed by atoms with E-state index in [9.17, 15) is 19.8 Å². The summed E-state index contributed by atoms with van der Waals surface area (Å²) >= 11 is 13.9. The van der Waals surface area contributed by atoms with Crippen molar-refractivity contribution in [3.8, 4) is 28.0 Å². The number of carbonyl (C=O) groups excluding carboxylic acids is 1. The molecule has 9 nitrogen and oxygen atoms in total. The van der Waals surface area contributed by atoms with Gasteiger partial charge in [-0.1, -0.05) is 77.8 Å². The highest BCUT2D eigenvalue weighted by Crippen LogP contribution is 2.40. The van der Waals surface area contributed by atoms with Crippen molar-refractivity contribution in [2.75, 3.05) is 20.3 Å². The lowest BCUT2D eigenvalue weighted by Gasteiger charge is -2.16. The van der Waals surface area contributed by atoms with E-state index in [2.05, 4.69) is 63.0 Å². The van der Waals surface area contributed by atoms with Gasteiger partial charge in [-0.2, -0.15) is 0 Å². The van der Waals surface area contributed by atoms with Crippen molar-refractivity contribution in [2.45, 2.75) is 44.6 Å². The van der Waals surface area contributed by atoms with E-state index < -0.39 is 18.6 Å². The number of halogens is 2. The lowest BCUT2D eigenvalue weighted by atomic mass is 9.96. The number of aliphatic hydroxyl groups is 1. The molecule has 49 heavy (non-hydrogen) atoms. The zero-order valence-corrected chi connectivity index (χ0v) is 28.5. The molecule has 1 fully saturated rings. The number of carbonyl (C=O) groups is 2. The Morgan fingerprint density at radius 3 is 2.47 bits per heavy atom. The molecule has 4 aromatic carbocycles. The summed E-state index contributed by atoms with van der Waals surface area (Å²) < 4.78 is 7.73. The maximum absolute atomic E-state index is 11.4. The van der Waals surface area contributed by atoms with Gasteiger partial charge in [0.15, 0.2) is 0 Å². The van der Waals surface area contributed by atoms with Crippen LogP contribution in [0.2, 0.25) is 10.0 Å². The zero-order chi connectivity index (χ0) is 34.5. The average Bonchev–Trinajstić information content (AvgIpc) is 3.72. The molecule has 1 unspecified atom stereocenters. The predicted octanol–water partition coefficient (Wildman–Crippen LogP) is 6.24. The summed E-state index contributed by atoms with van der Waals surface area (Å²) in [5, 5.41) is 30.1. The van der Waals surface area contributed by atoms with Gasteiger partial charge in [-0.15, -0.1) is 0 Å². The van der Waals surface area contributed by atoms with E-state index in [-0.39, 0.29) is 18.5 Å². The molecule has 0 bridgehead atoms. The number of hydrogen-bond donors (Lipinski definition) is 5. The van der Waals surface area contributed by atoms with Crippen molar-refractivity contribution in [2.24, 2.45) is 0 Å². The Kier molecular flexibility index (Phi) is 10.9. The highest BCUT2D eigenvalue weighted by atomic mass is 35.5. The second-order valence-corrected chi connectivity index (χ2v) is 13.0. The first-order valence-corrected chi connectivity index (χ1v) is 16.9. The minimum absolute atomic E-state index is 0.127. The molecule has 1 aliphatic rings. The van der Waals surface area contributed by atoms with Crippen molar-refractivity contribution < 1.29 is 24.5 Å². The van der Waals surface area contributed by atoms with Crippen LogP contribution in [0, 0.1) is 0 Å². The molecule has 1 aromatic heterocycles. The van der Waals surface area contributed by atoms with E-state index in [1.165, 1.54) is 0 Å². The Bertz CT molecular complexity index is 1980.